The Kier molecular flexibility index (Phi) is 4.63. The van der Waals surface area contributed by atoms with Crippen molar-refractivity contribution in [2.45, 2.75) is 25.4 Å². The van der Waals surface area contributed by atoms with E-state index < -0.39 is 5.69 Å². The number of fused-ring (bicyclic) bond motifs is 1. The summed E-state index contributed by atoms with van der Waals surface area (Å²) in [4.78, 5) is 38.7. The third-order valence-corrected chi connectivity index (χ3v) is 4.70. The van der Waals surface area contributed by atoms with Crippen LogP contribution in [-0.4, -0.2) is 46.2 Å². The number of hydrogen-bond acceptors (Lipinski definition) is 5. The summed E-state index contributed by atoms with van der Waals surface area (Å²) in [6, 6.07) is 4.92. The number of hydrogen-bond donors (Lipinski definition) is 1. The molecule has 8 heteroatoms. The molecule has 0 radical (unpaired) electrons. The van der Waals surface area contributed by atoms with Gasteiger partial charge in [0.25, 0.3) is 5.56 Å². The van der Waals surface area contributed by atoms with E-state index in [1.54, 1.807) is 23.1 Å². The van der Waals surface area contributed by atoms with Gasteiger partial charge < -0.3 is 15.4 Å². The molecule has 0 bridgehead atoms. The molecule has 1 unspecified atom stereocenters. The topological polar surface area (TPSA) is 99.6 Å². The highest BCUT2D eigenvalue weighted by Crippen LogP contribution is 2.17. The predicted molar refractivity (Wildman–Crippen MR) is 93.8 cm³/mol. The van der Waals surface area contributed by atoms with Crippen molar-refractivity contribution in [3.63, 3.8) is 0 Å². The number of piperidine rings is 1. The number of ether oxygens (including phenoxy) is 1. The van der Waals surface area contributed by atoms with Crippen LogP contribution >= 0.6 is 0 Å². The van der Waals surface area contributed by atoms with E-state index in [9.17, 15) is 14.4 Å². The first-order chi connectivity index (χ1) is 11.9. The van der Waals surface area contributed by atoms with Crippen molar-refractivity contribution >= 4 is 16.8 Å². The number of carbonyl (C=O) groups is 1. The Labute approximate surface area is 144 Å². The van der Waals surface area contributed by atoms with Gasteiger partial charge >= 0.3 is 5.69 Å². The number of aromatic nitrogens is 2. The van der Waals surface area contributed by atoms with Crippen LogP contribution in [0.2, 0.25) is 0 Å². The highest BCUT2D eigenvalue weighted by atomic mass is 16.5. The second-order valence-corrected chi connectivity index (χ2v) is 6.32. The van der Waals surface area contributed by atoms with Crippen molar-refractivity contribution < 1.29 is 9.53 Å². The van der Waals surface area contributed by atoms with E-state index in [0.29, 0.717) is 42.7 Å². The normalized spacial score (nSPS) is 18.0. The molecule has 134 valence electrons. The Hall–Kier alpha value is -2.61. The first kappa shape index (κ1) is 17.2. The molecular formula is C17H22N4O4. The Morgan fingerprint density at radius 1 is 1.24 bits per heavy atom. The summed E-state index contributed by atoms with van der Waals surface area (Å²) in [5.74, 6) is 0.562. The quantitative estimate of drug-likeness (QED) is 0.816. The molecule has 0 aliphatic carbocycles. The minimum atomic E-state index is -0.410. The molecule has 0 saturated carbocycles. The minimum absolute atomic E-state index is 0.00138. The molecular weight excluding hydrogens is 324 g/mol. The number of carbonyl (C=O) groups excluding carboxylic acids is 1. The van der Waals surface area contributed by atoms with Crippen LogP contribution in [0, 0.1) is 0 Å². The van der Waals surface area contributed by atoms with Gasteiger partial charge in [-0.05, 0) is 18.6 Å². The number of nitrogens with two attached hydrogens (primary N) is 1. The molecule has 1 amide bonds. The average Bonchev–Trinajstić information content (AvgIpc) is 2.60. The maximum Gasteiger partial charge on any atom is 0.331 e. The van der Waals surface area contributed by atoms with Crippen LogP contribution in [0.25, 0.3) is 10.9 Å². The number of benzene rings is 1. The van der Waals surface area contributed by atoms with Gasteiger partial charge in [0.15, 0.2) is 0 Å². The summed E-state index contributed by atoms with van der Waals surface area (Å²) in [6.07, 6.45) is 1.08. The number of amides is 1. The third-order valence-electron chi connectivity index (χ3n) is 4.70. The van der Waals surface area contributed by atoms with Crippen molar-refractivity contribution in [2.75, 3.05) is 20.2 Å². The molecule has 0 spiro atoms. The summed E-state index contributed by atoms with van der Waals surface area (Å²) in [7, 11) is 2.98. The van der Waals surface area contributed by atoms with Crippen molar-refractivity contribution in [3.05, 3.63) is 39.0 Å². The molecule has 1 atom stereocenters. The minimum Gasteiger partial charge on any atom is -0.497 e. The lowest BCUT2D eigenvalue weighted by Crippen LogP contribution is -2.46. The van der Waals surface area contributed by atoms with Gasteiger partial charge in [0.1, 0.15) is 5.75 Å². The van der Waals surface area contributed by atoms with Crippen LogP contribution in [0.4, 0.5) is 0 Å². The zero-order chi connectivity index (χ0) is 18.1. The van der Waals surface area contributed by atoms with Gasteiger partial charge in [-0.3, -0.25) is 18.7 Å². The lowest BCUT2D eigenvalue weighted by atomic mass is 10.1. The molecule has 2 N–H and O–H groups in total. The molecule has 1 fully saturated rings. The number of likely N-dealkylation sites (tertiary alicyclic amines) is 1. The van der Waals surface area contributed by atoms with Gasteiger partial charge in [-0.15, -0.1) is 0 Å². The van der Waals surface area contributed by atoms with E-state index in [4.69, 9.17) is 10.5 Å². The Balaban J connectivity index is 1.99. The average molecular weight is 346 g/mol. The van der Waals surface area contributed by atoms with E-state index in [2.05, 4.69) is 0 Å². The van der Waals surface area contributed by atoms with E-state index in [1.807, 2.05) is 0 Å². The van der Waals surface area contributed by atoms with E-state index in [1.165, 1.54) is 18.7 Å². The third kappa shape index (κ3) is 3.17. The van der Waals surface area contributed by atoms with E-state index in [-0.39, 0.29) is 17.5 Å². The monoisotopic (exact) mass is 346 g/mol. The molecule has 1 aromatic heterocycles. The van der Waals surface area contributed by atoms with Crippen LogP contribution in [0.15, 0.2) is 27.8 Å². The molecule has 1 saturated heterocycles. The molecule has 1 aromatic carbocycles. The molecule has 2 aromatic rings. The van der Waals surface area contributed by atoms with E-state index >= 15 is 0 Å². The van der Waals surface area contributed by atoms with Crippen molar-refractivity contribution in [2.24, 2.45) is 12.8 Å². The Bertz CT molecular complexity index is 931. The standard InChI is InChI=1S/C17H22N4O4/c1-19-16(23)13-4-3-12(25-2)10-14(13)21(17(19)24)8-7-20-6-5-11(18)9-15(20)22/h3-4,10-11H,5-9,18H2,1-2H3. The molecule has 2 heterocycles. The second-order valence-electron chi connectivity index (χ2n) is 6.32. The zero-order valence-corrected chi connectivity index (χ0v) is 14.4. The summed E-state index contributed by atoms with van der Waals surface area (Å²) >= 11 is 0. The molecule has 1 aliphatic heterocycles. The van der Waals surface area contributed by atoms with Crippen LogP contribution < -0.4 is 21.7 Å². The fourth-order valence-corrected chi connectivity index (χ4v) is 3.17. The zero-order valence-electron chi connectivity index (χ0n) is 14.4. The first-order valence-electron chi connectivity index (χ1n) is 8.23. The maximum atomic E-state index is 12.6. The first-order valence-corrected chi connectivity index (χ1v) is 8.23. The molecule has 1 aliphatic rings. The van der Waals surface area contributed by atoms with Gasteiger partial charge in [-0.1, -0.05) is 0 Å². The van der Waals surface area contributed by atoms with Crippen LogP contribution in [0.3, 0.4) is 0 Å². The summed E-state index contributed by atoms with van der Waals surface area (Å²) in [5.41, 5.74) is 5.56. The lowest BCUT2D eigenvalue weighted by molar-refractivity contribution is -0.133. The maximum absolute atomic E-state index is 12.6. The Morgan fingerprint density at radius 3 is 2.68 bits per heavy atom. The van der Waals surface area contributed by atoms with Crippen LogP contribution in [0.5, 0.6) is 5.75 Å². The fraction of sp³-hybridized carbons (Fsp3) is 0.471. The highest BCUT2D eigenvalue weighted by molar-refractivity contribution is 5.80. The second kappa shape index (κ2) is 6.72. The van der Waals surface area contributed by atoms with Crippen LogP contribution in [-0.2, 0) is 18.4 Å². The predicted octanol–water partition coefficient (Wildman–Crippen LogP) is -0.341. The van der Waals surface area contributed by atoms with Gasteiger partial charge in [-0.2, -0.15) is 0 Å². The lowest BCUT2D eigenvalue weighted by Gasteiger charge is -2.30. The van der Waals surface area contributed by atoms with Crippen molar-refractivity contribution in [1.29, 1.82) is 0 Å². The van der Waals surface area contributed by atoms with Crippen molar-refractivity contribution in [3.8, 4) is 5.75 Å². The number of methoxy groups -OCH3 is 1. The molecule has 25 heavy (non-hydrogen) atoms. The van der Waals surface area contributed by atoms with Gasteiger partial charge in [0, 0.05) is 45.2 Å². The fourth-order valence-electron chi connectivity index (χ4n) is 3.17. The summed E-state index contributed by atoms with van der Waals surface area (Å²) in [5, 5.41) is 0.440. The van der Waals surface area contributed by atoms with Gasteiger partial charge in [-0.25, -0.2) is 4.79 Å². The largest absolute Gasteiger partial charge is 0.497 e. The number of nitrogens with zero attached hydrogens (tertiary/aromatic N) is 3. The SMILES string of the molecule is COc1ccc2c(=O)n(C)c(=O)n(CCN3CCC(N)CC3=O)c2c1. The summed E-state index contributed by atoms with van der Waals surface area (Å²) < 4.78 is 7.81. The van der Waals surface area contributed by atoms with Gasteiger partial charge in [0.05, 0.1) is 18.0 Å². The number of rotatable bonds is 4. The smallest absolute Gasteiger partial charge is 0.331 e. The van der Waals surface area contributed by atoms with Crippen LogP contribution in [0.1, 0.15) is 12.8 Å². The van der Waals surface area contributed by atoms with E-state index in [0.717, 1.165) is 11.0 Å². The van der Waals surface area contributed by atoms with Gasteiger partial charge in [0.2, 0.25) is 5.91 Å². The molecule has 3 rings (SSSR count). The van der Waals surface area contributed by atoms with Crippen molar-refractivity contribution in [1.82, 2.24) is 14.0 Å². The summed E-state index contributed by atoms with van der Waals surface area (Å²) in [6.45, 7) is 1.29. The Morgan fingerprint density at radius 2 is 2.00 bits per heavy atom. The molecule has 8 nitrogen and oxygen atoms in total. The highest BCUT2D eigenvalue weighted by Gasteiger charge is 2.23.